The van der Waals surface area contributed by atoms with Crippen LogP contribution in [0.5, 0.6) is 0 Å². The Kier molecular flexibility index (Phi) is 5.51. The molecular weight excluding hydrogens is 388 g/mol. The molecule has 0 atom stereocenters. The van der Waals surface area contributed by atoms with Gasteiger partial charge in [-0.05, 0) is 50.5 Å². The van der Waals surface area contributed by atoms with Gasteiger partial charge in [0.25, 0.3) is 0 Å². The van der Waals surface area contributed by atoms with E-state index in [0.717, 1.165) is 16.9 Å². The lowest BCUT2D eigenvalue weighted by atomic mass is 9.72. The van der Waals surface area contributed by atoms with Crippen LogP contribution >= 0.6 is 0 Å². The maximum absolute atomic E-state index is 12.9. The fraction of sp³-hybridized carbons (Fsp3) is 0.320. The molecule has 3 aromatic rings. The van der Waals surface area contributed by atoms with Gasteiger partial charge in [0.1, 0.15) is 11.2 Å². The summed E-state index contributed by atoms with van der Waals surface area (Å²) in [5.41, 5.74) is 4.23. The second-order valence-electron chi connectivity index (χ2n) is 8.28. The standard InChI is InChI=1S/C25H24N4O2/c1-17-3-6-20(7-4-17)29-18(2)22(15-28-29)23(31)13-19-5-8-24(27-14-19)25(16-26)11-9-21(30)10-12-25/h3-8,14-15H,9-13H2,1-2H3. The summed E-state index contributed by atoms with van der Waals surface area (Å²) in [7, 11) is 0. The van der Waals surface area contributed by atoms with Gasteiger partial charge in [0.15, 0.2) is 5.78 Å². The molecule has 1 aliphatic rings. The number of carbonyl (C=O) groups excluding carboxylic acids is 2. The molecule has 0 saturated heterocycles. The molecule has 1 aromatic carbocycles. The van der Waals surface area contributed by atoms with E-state index in [1.807, 2.05) is 50.2 Å². The first-order valence-corrected chi connectivity index (χ1v) is 10.4. The van der Waals surface area contributed by atoms with Gasteiger partial charge in [-0.2, -0.15) is 10.4 Å². The van der Waals surface area contributed by atoms with Crippen LogP contribution in [-0.2, 0) is 16.6 Å². The van der Waals surface area contributed by atoms with E-state index in [9.17, 15) is 14.9 Å². The lowest BCUT2D eigenvalue weighted by molar-refractivity contribution is -0.121. The van der Waals surface area contributed by atoms with Crippen molar-refractivity contribution >= 4 is 11.6 Å². The number of hydrogen-bond acceptors (Lipinski definition) is 5. The van der Waals surface area contributed by atoms with E-state index in [1.165, 1.54) is 5.56 Å². The SMILES string of the molecule is Cc1ccc(-n2ncc(C(=O)Cc3ccc(C4(C#N)CCC(=O)CC4)nc3)c2C)cc1. The van der Waals surface area contributed by atoms with Gasteiger partial charge in [0, 0.05) is 25.5 Å². The summed E-state index contributed by atoms with van der Waals surface area (Å²) in [6.45, 7) is 3.92. The predicted octanol–water partition coefficient (Wildman–Crippen LogP) is 4.21. The molecule has 1 aliphatic carbocycles. The number of rotatable bonds is 5. The first kappa shape index (κ1) is 20.7. The molecule has 0 unspecified atom stereocenters. The maximum atomic E-state index is 12.9. The average Bonchev–Trinajstić information content (AvgIpc) is 3.17. The van der Waals surface area contributed by atoms with Gasteiger partial charge in [0.05, 0.1) is 34.9 Å². The van der Waals surface area contributed by atoms with Crippen molar-refractivity contribution in [2.45, 2.75) is 51.4 Å². The highest BCUT2D eigenvalue weighted by atomic mass is 16.1. The summed E-state index contributed by atoms with van der Waals surface area (Å²) in [4.78, 5) is 29.0. The number of ketones is 2. The van der Waals surface area contributed by atoms with Crippen molar-refractivity contribution in [3.8, 4) is 11.8 Å². The molecule has 1 saturated carbocycles. The zero-order valence-corrected chi connectivity index (χ0v) is 17.8. The third kappa shape index (κ3) is 4.04. The van der Waals surface area contributed by atoms with Crippen molar-refractivity contribution in [1.29, 1.82) is 5.26 Å². The van der Waals surface area contributed by atoms with E-state index < -0.39 is 5.41 Å². The minimum Gasteiger partial charge on any atom is -0.300 e. The van der Waals surface area contributed by atoms with Crippen molar-refractivity contribution in [3.05, 3.63) is 76.9 Å². The molecule has 0 aliphatic heterocycles. The molecule has 6 heteroatoms. The van der Waals surface area contributed by atoms with Crippen LogP contribution in [0, 0.1) is 25.2 Å². The van der Waals surface area contributed by atoms with Gasteiger partial charge in [-0.15, -0.1) is 0 Å². The number of hydrogen-bond donors (Lipinski definition) is 0. The van der Waals surface area contributed by atoms with E-state index in [1.54, 1.807) is 17.1 Å². The fourth-order valence-corrected chi connectivity index (χ4v) is 4.10. The number of pyridine rings is 1. The molecule has 0 radical (unpaired) electrons. The number of nitrogens with zero attached hydrogens (tertiary/aromatic N) is 4. The normalized spacial score (nSPS) is 15.5. The van der Waals surface area contributed by atoms with Crippen LogP contribution in [0.15, 0.2) is 48.8 Å². The average molecular weight is 412 g/mol. The van der Waals surface area contributed by atoms with Crippen molar-refractivity contribution in [2.75, 3.05) is 0 Å². The zero-order valence-electron chi connectivity index (χ0n) is 17.8. The van der Waals surface area contributed by atoms with Crippen LogP contribution in [0.3, 0.4) is 0 Å². The van der Waals surface area contributed by atoms with Crippen molar-refractivity contribution < 1.29 is 9.59 Å². The summed E-state index contributed by atoms with van der Waals surface area (Å²) >= 11 is 0. The molecule has 31 heavy (non-hydrogen) atoms. The minimum atomic E-state index is -0.706. The Hall–Kier alpha value is -3.59. The number of aryl methyl sites for hydroxylation is 1. The molecule has 0 N–H and O–H groups in total. The van der Waals surface area contributed by atoms with Gasteiger partial charge >= 0.3 is 0 Å². The summed E-state index contributed by atoms with van der Waals surface area (Å²) < 4.78 is 1.77. The van der Waals surface area contributed by atoms with E-state index in [0.29, 0.717) is 36.9 Å². The Morgan fingerprint density at radius 1 is 1.10 bits per heavy atom. The minimum absolute atomic E-state index is 0.0244. The molecule has 2 heterocycles. The Morgan fingerprint density at radius 3 is 2.42 bits per heavy atom. The quantitative estimate of drug-likeness (QED) is 0.586. The first-order valence-electron chi connectivity index (χ1n) is 10.4. The molecule has 156 valence electrons. The Morgan fingerprint density at radius 2 is 1.81 bits per heavy atom. The van der Waals surface area contributed by atoms with Crippen molar-refractivity contribution in [3.63, 3.8) is 0 Å². The number of Topliss-reactive ketones (excluding diaryl/α,β-unsaturated/α-hetero) is 2. The summed E-state index contributed by atoms with van der Waals surface area (Å²) in [5.74, 6) is 0.179. The second-order valence-corrected chi connectivity index (χ2v) is 8.28. The van der Waals surface area contributed by atoms with Crippen LogP contribution in [0.25, 0.3) is 5.69 Å². The summed E-state index contributed by atoms with van der Waals surface area (Å²) in [6.07, 6.45) is 5.34. The van der Waals surface area contributed by atoms with Gasteiger partial charge in [-0.3, -0.25) is 14.6 Å². The molecule has 6 nitrogen and oxygen atoms in total. The number of nitriles is 1. The predicted molar refractivity (Wildman–Crippen MR) is 116 cm³/mol. The Balaban J connectivity index is 1.50. The van der Waals surface area contributed by atoms with Crippen molar-refractivity contribution in [1.82, 2.24) is 14.8 Å². The number of aromatic nitrogens is 3. The number of benzene rings is 1. The van der Waals surface area contributed by atoms with Gasteiger partial charge in [0.2, 0.25) is 0 Å². The van der Waals surface area contributed by atoms with Crippen molar-refractivity contribution in [2.24, 2.45) is 0 Å². The third-order valence-electron chi connectivity index (χ3n) is 6.14. The Bertz CT molecular complexity index is 1160. The van der Waals surface area contributed by atoms with Gasteiger partial charge in [-0.1, -0.05) is 23.8 Å². The highest BCUT2D eigenvalue weighted by Crippen LogP contribution is 2.36. The molecular formula is C25H24N4O2. The summed E-state index contributed by atoms with van der Waals surface area (Å²) in [5, 5.41) is 14.1. The molecule has 2 aromatic heterocycles. The zero-order chi connectivity index (χ0) is 22.0. The maximum Gasteiger partial charge on any atom is 0.170 e. The number of carbonyl (C=O) groups is 2. The smallest absolute Gasteiger partial charge is 0.170 e. The third-order valence-corrected chi connectivity index (χ3v) is 6.14. The Labute approximate surface area is 181 Å². The molecule has 1 fully saturated rings. The van der Waals surface area contributed by atoms with Crippen LogP contribution in [0.2, 0.25) is 0 Å². The van der Waals surface area contributed by atoms with E-state index >= 15 is 0 Å². The highest BCUT2D eigenvalue weighted by Gasteiger charge is 2.37. The molecule has 0 spiro atoms. The highest BCUT2D eigenvalue weighted by molar-refractivity contribution is 5.98. The largest absolute Gasteiger partial charge is 0.300 e. The topological polar surface area (TPSA) is 88.6 Å². The molecule has 0 amide bonds. The first-order chi connectivity index (χ1) is 14.9. The van der Waals surface area contributed by atoms with Crippen LogP contribution in [0.4, 0.5) is 0 Å². The van der Waals surface area contributed by atoms with E-state index in [2.05, 4.69) is 16.2 Å². The van der Waals surface area contributed by atoms with Gasteiger partial charge < -0.3 is 0 Å². The lowest BCUT2D eigenvalue weighted by Gasteiger charge is -2.29. The van der Waals surface area contributed by atoms with Crippen LogP contribution < -0.4 is 0 Å². The van der Waals surface area contributed by atoms with E-state index in [-0.39, 0.29) is 18.0 Å². The summed E-state index contributed by atoms with van der Waals surface area (Å²) in [6, 6.07) is 14.1. The molecule has 4 rings (SSSR count). The van der Waals surface area contributed by atoms with E-state index in [4.69, 9.17) is 0 Å². The van der Waals surface area contributed by atoms with Crippen LogP contribution in [-0.4, -0.2) is 26.3 Å². The van der Waals surface area contributed by atoms with Gasteiger partial charge in [-0.25, -0.2) is 4.68 Å². The molecule has 0 bridgehead atoms. The second kappa shape index (κ2) is 8.27. The monoisotopic (exact) mass is 412 g/mol. The fourth-order valence-electron chi connectivity index (χ4n) is 4.10. The lowest BCUT2D eigenvalue weighted by Crippen LogP contribution is -2.31. The van der Waals surface area contributed by atoms with Crippen LogP contribution in [0.1, 0.15) is 58.6 Å².